The Morgan fingerprint density at radius 1 is 1.02 bits per heavy atom. The molecule has 0 saturated carbocycles. The van der Waals surface area contributed by atoms with E-state index >= 15 is 0 Å². The molecule has 0 radical (unpaired) electrons. The number of hydrogen-bond donors (Lipinski definition) is 2. The van der Waals surface area contributed by atoms with Crippen LogP contribution in [0.2, 0.25) is 0 Å². The van der Waals surface area contributed by atoms with Gasteiger partial charge in [0.25, 0.3) is 5.91 Å². The van der Waals surface area contributed by atoms with E-state index in [0.29, 0.717) is 31.3 Å². The molecule has 0 aromatic carbocycles. The van der Waals surface area contributed by atoms with E-state index in [9.17, 15) is 35.5 Å². The Hall–Kier alpha value is -4.09. The Labute approximate surface area is 227 Å². The highest BCUT2D eigenvalue weighted by atomic mass is 19.4. The molecule has 1 unspecified atom stereocenters. The van der Waals surface area contributed by atoms with E-state index in [0.717, 1.165) is 19.4 Å². The normalized spacial score (nSPS) is 18.1. The maximum atomic E-state index is 13.7. The molecule has 1 atom stereocenters. The van der Waals surface area contributed by atoms with Gasteiger partial charge in [-0.15, -0.1) is 0 Å². The van der Waals surface area contributed by atoms with Crippen LogP contribution in [0, 0.1) is 11.7 Å². The van der Waals surface area contributed by atoms with Gasteiger partial charge in [0.2, 0.25) is 5.88 Å². The number of carboxylic acid groups (broad SMARTS) is 2. The number of carbonyl (C=O) groups excluding carboxylic acids is 1. The van der Waals surface area contributed by atoms with Gasteiger partial charge < -0.3 is 19.8 Å². The lowest BCUT2D eigenvalue weighted by Crippen LogP contribution is -2.72. The second kappa shape index (κ2) is 13.5. The molecule has 1 spiro atoms. The van der Waals surface area contributed by atoms with Crippen molar-refractivity contribution in [1.82, 2.24) is 24.8 Å². The number of ether oxygens (including phenoxy) is 1. The number of aromatic nitrogens is 3. The highest BCUT2D eigenvalue weighted by Gasteiger charge is 2.51. The summed E-state index contributed by atoms with van der Waals surface area (Å²) in [6.45, 7) is 2.69. The van der Waals surface area contributed by atoms with Gasteiger partial charge in [-0.05, 0) is 50.6 Å². The van der Waals surface area contributed by atoms with E-state index < -0.39 is 30.1 Å². The van der Waals surface area contributed by atoms with Gasteiger partial charge in [-0.25, -0.2) is 28.9 Å². The van der Waals surface area contributed by atoms with Gasteiger partial charge >= 0.3 is 24.3 Å². The third kappa shape index (κ3) is 9.51. The number of piperidine rings is 1. The summed E-state index contributed by atoms with van der Waals surface area (Å²) < 4.78 is 82.8. The second-order valence-electron chi connectivity index (χ2n) is 8.97. The van der Waals surface area contributed by atoms with Crippen LogP contribution < -0.4 is 4.74 Å². The summed E-state index contributed by atoms with van der Waals surface area (Å²) in [6.07, 6.45) is -3.79. The van der Waals surface area contributed by atoms with Crippen LogP contribution in [0.3, 0.4) is 0 Å². The minimum absolute atomic E-state index is 0.0440. The number of nitrogens with zero attached hydrogens (tertiary/aromatic N) is 5. The van der Waals surface area contributed by atoms with E-state index in [2.05, 4.69) is 26.9 Å². The van der Waals surface area contributed by atoms with Crippen LogP contribution in [0.25, 0.3) is 0 Å². The molecular formula is C23H24F7N5O6. The van der Waals surface area contributed by atoms with E-state index in [1.54, 1.807) is 18.3 Å². The van der Waals surface area contributed by atoms with Crippen molar-refractivity contribution in [3.63, 3.8) is 0 Å². The molecule has 1 amide bonds. The highest BCUT2D eigenvalue weighted by Crippen LogP contribution is 2.39. The lowest BCUT2D eigenvalue weighted by Gasteiger charge is -2.58. The Bertz CT molecular complexity index is 1170. The van der Waals surface area contributed by atoms with Crippen molar-refractivity contribution in [2.24, 2.45) is 5.92 Å². The maximum Gasteiger partial charge on any atom is 0.490 e. The average Bonchev–Trinajstić information content (AvgIpc) is 2.87. The molecule has 2 aliphatic rings. The zero-order chi connectivity index (χ0) is 31.0. The Morgan fingerprint density at radius 2 is 1.61 bits per heavy atom. The molecule has 18 heteroatoms. The SMILES string of the molecule is CN1CCC(COc2ncccc2F)CC12CN(C(=O)c1ccncn1)C2.O=C(O)C(F)(F)F.O=C(O)C(F)(F)F. The molecule has 11 nitrogen and oxygen atoms in total. The number of likely N-dealkylation sites (N-methyl/N-ethyl adjacent to an activating group) is 1. The number of halogens is 7. The Balaban J connectivity index is 0.000000349. The predicted octanol–water partition coefficient (Wildman–Crippen LogP) is 2.89. The first-order valence-corrected chi connectivity index (χ1v) is 11.6. The lowest BCUT2D eigenvalue weighted by molar-refractivity contribution is -0.193. The summed E-state index contributed by atoms with van der Waals surface area (Å²) in [4.78, 5) is 46.3. The van der Waals surface area contributed by atoms with E-state index in [4.69, 9.17) is 24.5 Å². The molecule has 226 valence electrons. The smallest absolute Gasteiger partial charge is 0.475 e. The summed E-state index contributed by atoms with van der Waals surface area (Å²) >= 11 is 0. The summed E-state index contributed by atoms with van der Waals surface area (Å²) in [6, 6.07) is 4.53. The monoisotopic (exact) mass is 599 g/mol. The minimum atomic E-state index is -5.08. The molecule has 2 fully saturated rings. The van der Waals surface area contributed by atoms with Crippen LogP contribution >= 0.6 is 0 Å². The fourth-order valence-electron chi connectivity index (χ4n) is 3.98. The molecular weight excluding hydrogens is 575 g/mol. The lowest BCUT2D eigenvalue weighted by atomic mass is 9.75. The predicted molar refractivity (Wildman–Crippen MR) is 123 cm³/mol. The molecule has 41 heavy (non-hydrogen) atoms. The molecule has 4 rings (SSSR count). The molecule has 0 aliphatic carbocycles. The van der Waals surface area contributed by atoms with Crippen molar-refractivity contribution >= 4 is 17.8 Å². The first kappa shape index (κ1) is 33.1. The summed E-state index contributed by atoms with van der Waals surface area (Å²) in [5.41, 5.74) is 0.376. The number of pyridine rings is 1. The zero-order valence-electron chi connectivity index (χ0n) is 21.2. The van der Waals surface area contributed by atoms with Crippen LogP contribution in [0.4, 0.5) is 30.7 Å². The summed E-state index contributed by atoms with van der Waals surface area (Å²) in [5, 5.41) is 14.2. The van der Waals surface area contributed by atoms with E-state index in [1.807, 2.05) is 4.90 Å². The fraction of sp³-hybridized carbons (Fsp3) is 0.478. The highest BCUT2D eigenvalue weighted by molar-refractivity contribution is 5.93. The van der Waals surface area contributed by atoms with Gasteiger partial charge in [0.15, 0.2) is 5.82 Å². The molecule has 0 bridgehead atoms. The number of rotatable bonds is 4. The Kier molecular flexibility index (Phi) is 10.9. The van der Waals surface area contributed by atoms with Crippen LogP contribution in [0.15, 0.2) is 36.9 Å². The molecule has 2 aliphatic heterocycles. The van der Waals surface area contributed by atoms with Crippen LogP contribution in [0.5, 0.6) is 5.88 Å². The molecule has 2 saturated heterocycles. The van der Waals surface area contributed by atoms with Crippen molar-refractivity contribution in [2.75, 3.05) is 33.3 Å². The number of likely N-dealkylation sites (tertiary alicyclic amines) is 2. The van der Waals surface area contributed by atoms with Gasteiger partial charge in [-0.2, -0.15) is 26.3 Å². The fourth-order valence-corrected chi connectivity index (χ4v) is 3.98. The molecule has 2 N–H and O–H groups in total. The number of aliphatic carboxylic acids is 2. The number of carboxylic acids is 2. The van der Waals surface area contributed by atoms with Gasteiger partial charge in [-0.1, -0.05) is 0 Å². The third-order valence-corrected chi connectivity index (χ3v) is 6.08. The third-order valence-electron chi connectivity index (χ3n) is 6.08. The second-order valence-corrected chi connectivity index (χ2v) is 8.97. The van der Waals surface area contributed by atoms with Crippen LogP contribution in [-0.4, -0.2) is 104 Å². The first-order valence-electron chi connectivity index (χ1n) is 11.6. The molecule has 2 aromatic rings. The van der Waals surface area contributed by atoms with E-state index in [-0.39, 0.29) is 17.3 Å². The van der Waals surface area contributed by atoms with Gasteiger partial charge in [-0.3, -0.25) is 9.69 Å². The van der Waals surface area contributed by atoms with Crippen molar-refractivity contribution in [2.45, 2.75) is 30.7 Å². The van der Waals surface area contributed by atoms with Gasteiger partial charge in [0.05, 0.1) is 12.1 Å². The van der Waals surface area contributed by atoms with Crippen molar-refractivity contribution < 1.29 is 60.1 Å². The number of alkyl halides is 6. The maximum absolute atomic E-state index is 13.7. The first-order chi connectivity index (χ1) is 19.0. The number of hydrogen-bond acceptors (Lipinski definition) is 8. The molecule has 2 aromatic heterocycles. The molecule has 4 heterocycles. The van der Waals surface area contributed by atoms with Gasteiger partial charge in [0, 0.05) is 25.5 Å². The number of carbonyl (C=O) groups is 3. The average molecular weight is 599 g/mol. The zero-order valence-corrected chi connectivity index (χ0v) is 21.2. The number of amides is 1. The van der Waals surface area contributed by atoms with Crippen molar-refractivity contribution in [1.29, 1.82) is 0 Å². The van der Waals surface area contributed by atoms with E-state index in [1.165, 1.54) is 18.6 Å². The van der Waals surface area contributed by atoms with Gasteiger partial charge in [0.1, 0.15) is 12.0 Å². The summed E-state index contributed by atoms with van der Waals surface area (Å²) in [5.74, 6) is -5.66. The van der Waals surface area contributed by atoms with Crippen LogP contribution in [-0.2, 0) is 9.59 Å². The quantitative estimate of drug-likeness (QED) is 0.503. The summed E-state index contributed by atoms with van der Waals surface area (Å²) in [7, 11) is 2.10. The van der Waals surface area contributed by atoms with Crippen LogP contribution in [0.1, 0.15) is 23.3 Å². The minimum Gasteiger partial charge on any atom is -0.475 e. The Morgan fingerprint density at radius 3 is 2.10 bits per heavy atom. The largest absolute Gasteiger partial charge is 0.490 e. The van der Waals surface area contributed by atoms with Crippen molar-refractivity contribution in [3.05, 3.63) is 48.4 Å². The standard InChI is InChI=1S/C19H22FN5O2.2C2HF3O2/c1-24-8-5-14(10-27-17-15(20)3-2-6-22-17)9-19(24)11-25(12-19)18(26)16-4-7-21-13-23-16;2*3-2(4,5)1(6)7/h2-4,6-7,13-14H,5,8-12H2,1H3;2*(H,6,7). The van der Waals surface area contributed by atoms with Crippen molar-refractivity contribution in [3.8, 4) is 5.88 Å². The topological polar surface area (TPSA) is 146 Å².